The molecule has 0 aliphatic carbocycles. The molecule has 25 heavy (non-hydrogen) atoms. The first kappa shape index (κ1) is 18.3. The molecule has 2 aliphatic rings. The first-order valence-corrected chi connectivity index (χ1v) is 9.52. The van der Waals surface area contributed by atoms with E-state index in [9.17, 15) is 9.18 Å². The van der Waals surface area contributed by atoms with Gasteiger partial charge in [-0.15, -0.1) is 0 Å². The predicted octanol–water partition coefficient (Wildman–Crippen LogP) is 3.51. The fourth-order valence-corrected chi connectivity index (χ4v) is 4.17. The number of hydrogen-bond donors (Lipinski definition) is 1. The van der Waals surface area contributed by atoms with E-state index in [-0.39, 0.29) is 29.3 Å². The van der Waals surface area contributed by atoms with Crippen molar-refractivity contribution in [3.05, 3.63) is 30.1 Å². The molecule has 2 saturated heterocycles. The largest absolute Gasteiger partial charge is 0.373 e. The molecule has 0 bridgehead atoms. The van der Waals surface area contributed by atoms with Crippen molar-refractivity contribution in [3.8, 4) is 0 Å². The Kier molecular flexibility index (Phi) is 5.74. The van der Waals surface area contributed by atoms with E-state index in [1.165, 1.54) is 12.1 Å². The molecular formula is C20H29FN2O2. The van der Waals surface area contributed by atoms with E-state index in [0.29, 0.717) is 6.61 Å². The van der Waals surface area contributed by atoms with Gasteiger partial charge in [0.25, 0.3) is 0 Å². The number of hydrogen-bond acceptors (Lipinski definition) is 3. The maximum atomic E-state index is 13.4. The Morgan fingerprint density at radius 1 is 1.28 bits per heavy atom. The van der Waals surface area contributed by atoms with Crippen LogP contribution in [0.5, 0.6) is 0 Å². The van der Waals surface area contributed by atoms with Crippen molar-refractivity contribution in [3.63, 3.8) is 0 Å². The number of rotatable bonds is 5. The summed E-state index contributed by atoms with van der Waals surface area (Å²) < 4.78 is 19.6. The molecule has 4 nitrogen and oxygen atoms in total. The van der Waals surface area contributed by atoms with Crippen LogP contribution in [0.4, 0.5) is 10.1 Å². The van der Waals surface area contributed by atoms with Gasteiger partial charge in [-0.2, -0.15) is 0 Å². The number of carbonyl (C=O) groups excluding carboxylic acids is 1. The number of halogens is 1. The van der Waals surface area contributed by atoms with Crippen LogP contribution in [0.3, 0.4) is 0 Å². The molecule has 2 heterocycles. The van der Waals surface area contributed by atoms with E-state index in [0.717, 1.165) is 50.9 Å². The van der Waals surface area contributed by atoms with Gasteiger partial charge in [-0.05, 0) is 69.5 Å². The number of amides is 1. The van der Waals surface area contributed by atoms with Crippen LogP contribution in [0.25, 0.3) is 0 Å². The highest BCUT2D eigenvalue weighted by molar-refractivity contribution is 5.95. The van der Waals surface area contributed by atoms with Crippen molar-refractivity contribution in [2.75, 3.05) is 24.6 Å². The van der Waals surface area contributed by atoms with E-state index < -0.39 is 0 Å². The normalized spacial score (nSPS) is 22.5. The minimum absolute atomic E-state index is 0.00498. The third-order valence-corrected chi connectivity index (χ3v) is 5.75. The fourth-order valence-electron chi connectivity index (χ4n) is 4.17. The minimum Gasteiger partial charge on any atom is -0.373 e. The Hall–Kier alpha value is -1.46. The maximum Gasteiger partial charge on any atom is 0.230 e. The molecule has 0 radical (unpaired) electrons. The first-order chi connectivity index (χ1) is 12.1. The summed E-state index contributed by atoms with van der Waals surface area (Å²) in [5, 5.41) is 3.37. The molecule has 0 saturated carbocycles. The Bertz CT molecular complexity index is 580. The molecule has 1 atom stereocenters. The fraction of sp³-hybridized carbons (Fsp3) is 0.650. The monoisotopic (exact) mass is 348 g/mol. The number of nitrogens with one attached hydrogen (secondary N) is 1. The Morgan fingerprint density at radius 3 is 2.52 bits per heavy atom. The maximum absolute atomic E-state index is 13.4. The van der Waals surface area contributed by atoms with Crippen LogP contribution in [-0.2, 0) is 9.53 Å². The van der Waals surface area contributed by atoms with Crippen LogP contribution in [0.1, 0.15) is 46.0 Å². The van der Waals surface area contributed by atoms with Gasteiger partial charge in [0.2, 0.25) is 5.91 Å². The molecule has 1 N–H and O–H groups in total. The molecule has 1 spiro atoms. The minimum atomic E-state index is -0.281. The van der Waals surface area contributed by atoms with Gasteiger partial charge in [0.15, 0.2) is 0 Å². The number of ether oxygens (including phenoxy) is 1. The first-order valence-electron chi connectivity index (χ1n) is 9.52. The van der Waals surface area contributed by atoms with Crippen molar-refractivity contribution >= 4 is 11.6 Å². The third-order valence-electron chi connectivity index (χ3n) is 5.75. The predicted molar refractivity (Wildman–Crippen MR) is 97.1 cm³/mol. The summed E-state index contributed by atoms with van der Waals surface area (Å²) in [6.45, 7) is 6.58. The van der Waals surface area contributed by atoms with Gasteiger partial charge in [0.1, 0.15) is 5.82 Å². The highest BCUT2D eigenvalue weighted by Gasteiger charge is 2.45. The molecule has 1 aromatic rings. The topological polar surface area (TPSA) is 41.6 Å². The second-order valence-electron chi connectivity index (χ2n) is 7.30. The molecule has 138 valence electrons. The molecule has 1 amide bonds. The molecule has 1 aromatic carbocycles. The molecule has 2 fully saturated rings. The number of benzene rings is 1. The quantitative estimate of drug-likeness (QED) is 0.885. The summed E-state index contributed by atoms with van der Waals surface area (Å²) >= 11 is 0. The standard InChI is InChI=1S/C20H29FN2O2/c1-3-15(4-2)19(24)23(17-7-5-16(21)6-8-17)18-13-20(25-14-18)9-11-22-12-10-20/h5-8,15,18,22H,3-4,9-14H2,1-2H3/t18-/m1/s1. The van der Waals surface area contributed by atoms with Crippen molar-refractivity contribution in [2.45, 2.75) is 57.6 Å². The van der Waals surface area contributed by atoms with Crippen molar-refractivity contribution in [1.82, 2.24) is 5.32 Å². The van der Waals surface area contributed by atoms with E-state index in [2.05, 4.69) is 5.32 Å². The van der Waals surface area contributed by atoms with E-state index in [1.807, 2.05) is 18.7 Å². The molecule has 0 aromatic heterocycles. The van der Waals surface area contributed by atoms with Gasteiger partial charge >= 0.3 is 0 Å². The van der Waals surface area contributed by atoms with Crippen molar-refractivity contribution in [1.29, 1.82) is 0 Å². The molecule has 3 rings (SSSR count). The van der Waals surface area contributed by atoms with Crippen LogP contribution in [0.2, 0.25) is 0 Å². The van der Waals surface area contributed by atoms with Crippen LogP contribution in [0.15, 0.2) is 24.3 Å². The van der Waals surface area contributed by atoms with Gasteiger partial charge < -0.3 is 15.0 Å². The third kappa shape index (κ3) is 3.87. The van der Waals surface area contributed by atoms with Gasteiger partial charge in [0.05, 0.1) is 18.2 Å². The zero-order chi connectivity index (χ0) is 17.9. The van der Waals surface area contributed by atoms with Crippen LogP contribution < -0.4 is 10.2 Å². The summed E-state index contributed by atoms with van der Waals surface area (Å²) in [5.41, 5.74) is 0.667. The Labute approximate surface area is 149 Å². The van der Waals surface area contributed by atoms with Crippen LogP contribution in [-0.4, -0.2) is 37.2 Å². The lowest BCUT2D eigenvalue weighted by atomic mass is 9.87. The zero-order valence-corrected chi connectivity index (χ0v) is 15.3. The highest BCUT2D eigenvalue weighted by Crippen LogP contribution is 2.38. The van der Waals surface area contributed by atoms with Crippen molar-refractivity contribution < 1.29 is 13.9 Å². The van der Waals surface area contributed by atoms with E-state index in [4.69, 9.17) is 4.74 Å². The Balaban J connectivity index is 1.86. The number of piperidine rings is 1. The average Bonchev–Trinajstić information content (AvgIpc) is 3.01. The molecule has 5 heteroatoms. The summed E-state index contributed by atoms with van der Waals surface area (Å²) in [7, 11) is 0. The molecule has 0 unspecified atom stereocenters. The van der Waals surface area contributed by atoms with Gasteiger partial charge in [-0.3, -0.25) is 4.79 Å². The highest BCUT2D eigenvalue weighted by atomic mass is 19.1. The molecular weight excluding hydrogens is 319 g/mol. The van der Waals surface area contributed by atoms with Crippen LogP contribution >= 0.6 is 0 Å². The second kappa shape index (κ2) is 7.83. The Morgan fingerprint density at radius 2 is 1.92 bits per heavy atom. The number of carbonyl (C=O) groups is 1. The lowest BCUT2D eigenvalue weighted by molar-refractivity contribution is -0.123. The van der Waals surface area contributed by atoms with Crippen LogP contribution in [0, 0.1) is 11.7 Å². The zero-order valence-electron chi connectivity index (χ0n) is 15.3. The summed E-state index contributed by atoms with van der Waals surface area (Å²) in [4.78, 5) is 15.1. The lowest BCUT2D eigenvalue weighted by Crippen LogP contribution is -2.46. The second-order valence-corrected chi connectivity index (χ2v) is 7.30. The number of nitrogens with zero attached hydrogens (tertiary/aromatic N) is 1. The van der Waals surface area contributed by atoms with Gasteiger partial charge in [-0.25, -0.2) is 4.39 Å². The SMILES string of the molecule is CCC(CC)C(=O)N(c1ccc(F)cc1)[C@H]1COC2(CCNCC2)C1. The van der Waals surface area contributed by atoms with E-state index in [1.54, 1.807) is 12.1 Å². The molecule has 2 aliphatic heterocycles. The summed E-state index contributed by atoms with van der Waals surface area (Å²) in [6.07, 6.45) is 4.46. The smallest absolute Gasteiger partial charge is 0.230 e. The van der Waals surface area contributed by atoms with Gasteiger partial charge in [0, 0.05) is 11.6 Å². The average molecular weight is 348 g/mol. The lowest BCUT2D eigenvalue weighted by Gasteiger charge is -2.35. The summed E-state index contributed by atoms with van der Waals surface area (Å²) in [5.74, 6) is -0.151. The van der Waals surface area contributed by atoms with Gasteiger partial charge in [-0.1, -0.05) is 13.8 Å². The number of anilines is 1. The van der Waals surface area contributed by atoms with E-state index >= 15 is 0 Å². The van der Waals surface area contributed by atoms with Crippen molar-refractivity contribution in [2.24, 2.45) is 5.92 Å². The summed E-state index contributed by atoms with van der Waals surface area (Å²) in [6, 6.07) is 6.31.